The summed E-state index contributed by atoms with van der Waals surface area (Å²) in [5.41, 5.74) is 3.22. The Morgan fingerprint density at radius 2 is 2.00 bits per heavy atom. The van der Waals surface area contributed by atoms with Crippen LogP contribution in [-0.2, 0) is 11.2 Å². The van der Waals surface area contributed by atoms with Gasteiger partial charge in [0.1, 0.15) is 5.94 Å². The third kappa shape index (κ3) is 0.903. The molecule has 0 atom stereocenters. The highest BCUT2D eigenvalue weighted by atomic mass is 16.1. The van der Waals surface area contributed by atoms with Crippen LogP contribution in [0.2, 0.25) is 0 Å². The molecule has 0 saturated carbocycles. The van der Waals surface area contributed by atoms with Gasteiger partial charge in [0.2, 0.25) is 0 Å². The Morgan fingerprint density at radius 1 is 1.18 bits per heavy atom. The van der Waals surface area contributed by atoms with Crippen molar-refractivity contribution in [1.29, 1.82) is 0 Å². The van der Waals surface area contributed by atoms with Crippen molar-refractivity contribution < 1.29 is 4.79 Å². The van der Waals surface area contributed by atoms with Crippen molar-refractivity contribution in [2.24, 2.45) is 0 Å². The molecule has 0 spiro atoms. The molecular weight excluding hydrogens is 136 g/mol. The minimum atomic E-state index is 0.834. The van der Waals surface area contributed by atoms with Crippen molar-refractivity contribution in [2.45, 2.75) is 12.8 Å². The highest BCUT2D eigenvalue weighted by Crippen LogP contribution is 2.29. The van der Waals surface area contributed by atoms with E-state index in [1.54, 1.807) is 0 Å². The molecule has 1 nitrogen and oxygen atoms in total. The van der Waals surface area contributed by atoms with Crippen molar-refractivity contribution in [1.82, 2.24) is 0 Å². The third-order valence-corrected chi connectivity index (χ3v) is 2.11. The first-order valence-corrected chi connectivity index (χ1v) is 3.74. The van der Waals surface area contributed by atoms with Gasteiger partial charge < -0.3 is 0 Å². The van der Waals surface area contributed by atoms with Crippen LogP contribution in [0.15, 0.2) is 24.3 Å². The number of carbonyl (C=O) groups excluding carboxylic acids is 1. The van der Waals surface area contributed by atoms with Gasteiger partial charge in [-0.1, -0.05) is 24.3 Å². The molecule has 54 valence electrons. The number of hydrogen-bond donors (Lipinski definition) is 0. The summed E-state index contributed by atoms with van der Waals surface area (Å²) in [5.74, 6) is 1.99. The summed E-state index contributed by atoms with van der Waals surface area (Å²) >= 11 is 0. The van der Waals surface area contributed by atoms with Crippen LogP contribution in [0.5, 0.6) is 0 Å². The molecule has 0 unspecified atom stereocenters. The monoisotopic (exact) mass is 144 g/mol. The molecule has 0 saturated heterocycles. The summed E-state index contributed by atoms with van der Waals surface area (Å²) in [4.78, 5) is 10.4. The van der Waals surface area contributed by atoms with Crippen LogP contribution in [0.3, 0.4) is 0 Å². The molecule has 0 heterocycles. The van der Waals surface area contributed by atoms with Gasteiger partial charge in [-0.05, 0) is 24.0 Å². The van der Waals surface area contributed by atoms with E-state index in [1.807, 2.05) is 24.1 Å². The zero-order chi connectivity index (χ0) is 7.68. The number of rotatable bonds is 0. The molecule has 1 aliphatic carbocycles. The highest BCUT2D eigenvalue weighted by molar-refractivity contribution is 5.90. The summed E-state index contributed by atoms with van der Waals surface area (Å²) < 4.78 is 0. The second kappa shape index (κ2) is 2.37. The van der Waals surface area contributed by atoms with Crippen LogP contribution in [0.1, 0.15) is 17.5 Å². The molecule has 0 aliphatic heterocycles. The summed E-state index contributed by atoms with van der Waals surface area (Å²) in [6, 6.07) is 8.02. The second-order valence-electron chi connectivity index (χ2n) is 2.74. The Kier molecular flexibility index (Phi) is 1.38. The van der Waals surface area contributed by atoms with E-state index in [2.05, 4.69) is 6.07 Å². The molecule has 1 heteroatoms. The molecule has 0 radical (unpaired) electrons. The van der Waals surface area contributed by atoms with E-state index in [0.29, 0.717) is 0 Å². The quantitative estimate of drug-likeness (QED) is 0.508. The Balaban J connectivity index is 2.64. The number of fused-ring (bicyclic) bond motifs is 1. The maximum Gasteiger partial charge on any atom is 0.128 e. The Morgan fingerprint density at radius 3 is 2.82 bits per heavy atom. The fraction of sp³-hybridized carbons (Fsp3) is 0.200. The second-order valence-corrected chi connectivity index (χ2v) is 2.74. The van der Waals surface area contributed by atoms with E-state index in [0.717, 1.165) is 24.0 Å². The van der Waals surface area contributed by atoms with E-state index < -0.39 is 0 Å². The van der Waals surface area contributed by atoms with Crippen LogP contribution in [-0.4, -0.2) is 5.94 Å². The SMILES string of the molecule is O=C=C1CCc2ccccc21. The van der Waals surface area contributed by atoms with E-state index in [9.17, 15) is 4.79 Å². The van der Waals surface area contributed by atoms with Crippen molar-refractivity contribution in [2.75, 3.05) is 0 Å². The van der Waals surface area contributed by atoms with Crippen LogP contribution in [0.25, 0.3) is 5.57 Å². The van der Waals surface area contributed by atoms with Crippen molar-refractivity contribution in [3.8, 4) is 0 Å². The van der Waals surface area contributed by atoms with Gasteiger partial charge in [-0.15, -0.1) is 0 Å². The largest absolute Gasteiger partial charge is 0.233 e. The lowest BCUT2D eigenvalue weighted by Crippen LogP contribution is -1.78. The van der Waals surface area contributed by atoms with Gasteiger partial charge >= 0.3 is 0 Å². The van der Waals surface area contributed by atoms with E-state index in [1.165, 1.54) is 5.56 Å². The molecule has 0 bridgehead atoms. The minimum Gasteiger partial charge on any atom is -0.233 e. The van der Waals surface area contributed by atoms with E-state index >= 15 is 0 Å². The predicted octanol–water partition coefficient (Wildman–Crippen LogP) is 1.85. The summed E-state index contributed by atoms with van der Waals surface area (Å²) in [6.45, 7) is 0. The van der Waals surface area contributed by atoms with Gasteiger partial charge in [0.25, 0.3) is 0 Å². The first-order chi connectivity index (χ1) is 5.42. The molecule has 0 fully saturated rings. The lowest BCUT2D eigenvalue weighted by atomic mass is 10.1. The Hall–Kier alpha value is -1.33. The zero-order valence-corrected chi connectivity index (χ0v) is 6.13. The first-order valence-electron chi connectivity index (χ1n) is 3.74. The topological polar surface area (TPSA) is 17.1 Å². The molecule has 0 amide bonds. The molecule has 1 aromatic carbocycles. The van der Waals surface area contributed by atoms with Gasteiger partial charge in [0.15, 0.2) is 0 Å². The molecule has 0 N–H and O–H groups in total. The average molecular weight is 144 g/mol. The molecule has 11 heavy (non-hydrogen) atoms. The Labute approximate surface area is 65.4 Å². The first kappa shape index (κ1) is 6.38. The summed E-state index contributed by atoms with van der Waals surface area (Å²) in [7, 11) is 0. The standard InChI is InChI=1S/C10H8O/c11-7-9-6-5-8-3-1-2-4-10(8)9/h1-4H,5-6H2. The van der Waals surface area contributed by atoms with Gasteiger partial charge in [-0.2, -0.15) is 0 Å². The van der Waals surface area contributed by atoms with Gasteiger partial charge in [-0.25, -0.2) is 4.79 Å². The number of allylic oxidation sites excluding steroid dienone is 1. The molecular formula is C10H8O. The van der Waals surface area contributed by atoms with Crippen LogP contribution in [0, 0.1) is 0 Å². The summed E-state index contributed by atoms with van der Waals surface area (Å²) in [5, 5.41) is 0. The fourth-order valence-electron chi connectivity index (χ4n) is 1.53. The zero-order valence-electron chi connectivity index (χ0n) is 6.13. The van der Waals surface area contributed by atoms with Crippen molar-refractivity contribution in [3.63, 3.8) is 0 Å². The van der Waals surface area contributed by atoms with Gasteiger partial charge in [0, 0.05) is 5.57 Å². The maximum atomic E-state index is 10.4. The normalized spacial score (nSPS) is 14.4. The molecule has 1 aliphatic rings. The van der Waals surface area contributed by atoms with E-state index in [4.69, 9.17) is 0 Å². The number of benzene rings is 1. The average Bonchev–Trinajstić information content (AvgIpc) is 2.47. The van der Waals surface area contributed by atoms with Crippen molar-refractivity contribution >= 4 is 11.5 Å². The lowest BCUT2D eigenvalue weighted by molar-refractivity contribution is 0.569. The fourth-order valence-corrected chi connectivity index (χ4v) is 1.53. The van der Waals surface area contributed by atoms with Gasteiger partial charge in [0.05, 0.1) is 0 Å². The minimum absolute atomic E-state index is 0.834. The number of aryl methyl sites for hydroxylation is 1. The van der Waals surface area contributed by atoms with Gasteiger partial charge in [-0.3, -0.25) is 0 Å². The maximum absolute atomic E-state index is 10.4. The van der Waals surface area contributed by atoms with Crippen molar-refractivity contribution in [3.05, 3.63) is 35.4 Å². The Bertz CT molecular complexity index is 332. The van der Waals surface area contributed by atoms with Crippen LogP contribution in [0.4, 0.5) is 0 Å². The molecule has 0 aromatic heterocycles. The van der Waals surface area contributed by atoms with Crippen LogP contribution >= 0.6 is 0 Å². The smallest absolute Gasteiger partial charge is 0.128 e. The lowest BCUT2D eigenvalue weighted by Gasteiger charge is -1.93. The number of hydrogen-bond acceptors (Lipinski definition) is 1. The summed E-state index contributed by atoms with van der Waals surface area (Å²) in [6.07, 6.45) is 1.86. The molecule has 2 rings (SSSR count). The van der Waals surface area contributed by atoms with E-state index in [-0.39, 0.29) is 0 Å². The highest BCUT2D eigenvalue weighted by Gasteiger charge is 2.15. The van der Waals surface area contributed by atoms with Crippen LogP contribution < -0.4 is 0 Å². The molecule has 1 aromatic rings. The third-order valence-electron chi connectivity index (χ3n) is 2.11. The predicted molar refractivity (Wildman–Crippen MR) is 43.9 cm³/mol.